The van der Waals surface area contributed by atoms with Gasteiger partial charge >= 0.3 is 5.97 Å². The van der Waals surface area contributed by atoms with Gasteiger partial charge in [0.1, 0.15) is 11.5 Å². The maximum Gasteiger partial charge on any atom is 0.355 e. The van der Waals surface area contributed by atoms with Gasteiger partial charge < -0.3 is 14.6 Å². The predicted molar refractivity (Wildman–Crippen MR) is 121 cm³/mol. The number of carbonyl (C=O) groups excluding carboxylic acids is 3. The Morgan fingerprint density at radius 2 is 1.82 bits per heavy atom. The van der Waals surface area contributed by atoms with E-state index in [1.165, 1.54) is 29.2 Å². The first-order valence-corrected chi connectivity index (χ1v) is 10.6. The minimum Gasteiger partial charge on any atom is -0.461 e. The van der Waals surface area contributed by atoms with Gasteiger partial charge in [-0.3, -0.25) is 14.6 Å². The number of H-pyrrole nitrogens is 1. The van der Waals surface area contributed by atoms with Crippen molar-refractivity contribution < 1.29 is 23.5 Å². The van der Waals surface area contributed by atoms with Crippen LogP contribution in [0.4, 0.5) is 4.39 Å². The number of hydrogen-bond acceptors (Lipinski definition) is 5. The Morgan fingerprint density at radius 1 is 1.12 bits per heavy atom. The van der Waals surface area contributed by atoms with Gasteiger partial charge in [0.25, 0.3) is 5.91 Å². The van der Waals surface area contributed by atoms with Gasteiger partial charge in [0.05, 0.1) is 24.9 Å². The van der Waals surface area contributed by atoms with Crippen molar-refractivity contribution in [2.75, 3.05) is 6.61 Å². The number of rotatable bonds is 8. The molecule has 0 saturated carbocycles. The molecule has 0 aliphatic heterocycles. The molecule has 1 amide bonds. The Hall–Kier alpha value is -3.81. The van der Waals surface area contributed by atoms with Crippen LogP contribution in [0.15, 0.2) is 48.7 Å². The molecule has 3 aromatic rings. The second-order valence-electron chi connectivity index (χ2n) is 7.65. The molecule has 0 saturated heterocycles. The summed E-state index contributed by atoms with van der Waals surface area (Å²) in [5, 5.41) is 0. The molecular formula is C25H26FN3O4. The van der Waals surface area contributed by atoms with Crippen LogP contribution in [-0.2, 0) is 11.3 Å². The number of ether oxygens (including phenoxy) is 1. The third-order valence-corrected chi connectivity index (χ3v) is 5.42. The minimum absolute atomic E-state index is 0.0806. The number of benzene rings is 1. The van der Waals surface area contributed by atoms with Crippen LogP contribution in [0.2, 0.25) is 0 Å². The quantitative estimate of drug-likeness (QED) is 0.408. The summed E-state index contributed by atoms with van der Waals surface area (Å²) in [6.07, 6.45) is 1.61. The van der Waals surface area contributed by atoms with Crippen LogP contribution in [0.3, 0.4) is 0 Å². The number of esters is 1. The Bertz CT molecular complexity index is 1160. The van der Waals surface area contributed by atoms with E-state index >= 15 is 0 Å². The lowest BCUT2D eigenvalue weighted by atomic mass is 9.99. The van der Waals surface area contributed by atoms with Crippen LogP contribution in [-0.4, -0.2) is 45.2 Å². The van der Waals surface area contributed by atoms with Crippen LogP contribution in [0, 0.1) is 19.7 Å². The summed E-state index contributed by atoms with van der Waals surface area (Å²) in [6, 6.07) is 9.59. The number of ketones is 1. The summed E-state index contributed by atoms with van der Waals surface area (Å²) in [4.78, 5) is 47.8. The fraction of sp³-hybridized carbons (Fsp3) is 0.280. The molecule has 0 fully saturated rings. The summed E-state index contributed by atoms with van der Waals surface area (Å²) in [5.74, 6) is -1.77. The summed E-state index contributed by atoms with van der Waals surface area (Å²) in [7, 11) is 0. The lowest BCUT2D eigenvalue weighted by Gasteiger charge is -2.28. The van der Waals surface area contributed by atoms with Crippen molar-refractivity contribution in [3.8, 4) is 0 Å². The highest BCUT2D eigenvalue weighted by molar-refractivity contribution is 6.07. The van der Waals surface area contributed by atoms with Crippen LogP contribution in [0.25, 0.3) is 0 Å². The van der Waals surface area contributed by atoms with Crippen molar-refractivity contribution in [3.63, 3.8) is 0 Å². The second-order valence-corrected chi connectivity index (χ2v) is 7.65. The Labute approximate surface area is 191 Å². The van der Waals surface area contributed by atoms with Crippen LogP contribution in [0.5, 0.6) is 0 Å². The van der Waals surface area contributed by atoms with Crippen molar-refractivity contribution in [1.29, 1.82) is 0 Å². The van der Waals surface area contributed by atoms with Gasteiger partial charge in [0.2, 0.25) is 0 Å². The van der Waals surface area contributed by atoms with E-state index in [9.17, 15) is 18.8 Å². The van der Waals surface area contributed by atoms with Gasteiger partial charge in [-0.2, -0.15) is 0 Å². The van der Waals surface area contributed by atoms with Crippen LogP contribution in [0.1, 0.15) is 62.0 Å². The number of aromatic nitrogens is 2. The number of hydrogen-bond donors (Lipinski definition) is 1. The summed E-state index contributed by atoms with van der Waals surface area (Å²) in [6.45, 7) is 6.98. The Morgan fingerprint density at radius 3 is 2.42 bits per heavy atom. The van der Waals surface area contributed by atoms with Gasteiger partial charge in [-0.1, -0.05) is 6.07 Å². The molecule has 0 aliphatic rings. The third-order valence-electron chi connectivity index (χ3n) is 5.42. The molecule has 0 bridgehead atoms. The first-order chi connectivity index (χ1) is 15.7. The fourth-order valence-electron chi connectivity index (χ4n) is 3.69. The number of amides is 1. The topological polar surface area (TPSA) is 92.4 Å². The number of pyridine rings is 1. The number of aryl methyl sites for hydroxylation is 1. The zero-order valence-corrected chi connectivity index (χ0v) is 19.0. The molecule has 0 unspecified atom stereocenters. The second kappa shape index (κ2) is 10.2. The van der Waals surface area contributed by atoms with E-state index in [2.05, 4.69) is 9.97 Å². The van der Waals surface area contributed by atoms with Gasteiger partial charge in [0.15, 0.2) is 5.78 Å². The minimum atomic E-state index is -0.882. The van der Waals surface area contributed by atoms with E-state index in [1.807, 2.05) is 0 Å². The maximum absolute atomic E-state index is 13.6. The summed E-state index contributed by atoms with van der Waals surface area (Å²) < 4.78 is 18.5. The van der Waals surface area contributed by atoms with Gasteiger partial charge in [-0.25, -0.2) is 9.18 Å². The number of carbonyl (C=O) groups is 3. The molecule has 172 valence electrons. The summed E-state index contributed by atoms with van der Waals surface area (Å²) >= 11 is 0. The largest absolute Gasteiger partial charge is 0.461 e. The molecule has 2 heterocycles. The Balaban J connectivity index is 1.98. The molecule has 1 atom stereocenters. The van der Waals surface area contributed by atoms with Crippen molar-refractivity contribution >= 4 is 17.7 Å². The number of Topliss-reactive ketones (excluding diaryl/α,β-unsaturated/α-hetero) is 1. The number of nitrogens with one attached hydrogen (secondary N) is 1. The predicted octanol–water partition coefficient (Wildman–Crippen LogP) is 4.26. The summed E-state index contributed by atoms with van der Waals surface area (Å²) in [5.41, 5.74) is 2.38. The average molecular weight is 451 g/mol. The maximum atomic E-state index is 13.6. The van der Waals surface area contributed by atoms with Gasteiger partial charge in [-0.15, -0.1) is 0 Å². The molecule has 0 aliphatic carbocycles. The highest BCUT2D eigenvalue weighted by Gasteiger charge is 2.32. The number of aromatic amines is 1. The van der Waals surface area contributed by atoms with Crippen molar-refractivity contribution in [3.05, 3.63) is 88.3 Å². The SMILES string of the molecule is CCOC(=O)c1[nH]c(C)c(C(=O)[C@@H](C)N(Cc2ccccn2)C(=O)c2ccc(F)cc2)c1C. The van der Waals surface area contributed by atoms with Crippen molar-refractivity contribution in [2.45, 2.75) is 40.3 Å². The third kappa shape index (κ3) is 5.16. The van der Waals surface area contributed by atoms with E-state index in [0.29, 0.717) is 22.5 Å². The number of nitrogens with zero attached hydrogens (tertiary/aromatic N) is 2. The molecular weight excluding hydrogens is 425 g/mol. The van der Waals surface area contributed by atoms with Crippen LogP contribution < -0.4 is 0 Å². The zero-order valence-electron chi connectivity index (χ0n) is 19.0. The van der Waals surface area contributed by atoms with E-state index < -0.39 is 23.7 Å². The fourth-order valence-corrected chi connectivity index (χ4v) is 3.69. The molecule has 0 radical (unpaired) electrons. The molecule has 0 spiro atoms. The number of halogens is 1. The van der Waals surface area contributed by atoms with Crippen LogP contribution >= 0.6 is 0 Å². The van der Waals surface area contributed by atoms with Crippen molar-refractivity contribution in [2.24, 2.45) is 0 Å². The highest BCUT2D eigenvalue weighted by Crippen LogP contribution is 2.23. The smallest absolute Gasteiger partial charge is 0.355 e. The molecule has 3 rings (SSSR count). The molecule has 33 heavy (non-hydrogen) atoms. The lowest BCUT2D eigenvalue weighted by Crippen LogP contribution is -2.43. The monoisotopic (exact) mass is 451 g/mol. The Kier molecular flexibility index (Phi) is 7.37. The molecule has 7 nitrogen and oxygen atoms in total. The first-order valence-electron chi connectivity index (χ1n) is 10.6. The van der Waals surface area contributed by atoms with E-state index in [-0.39, 0.29) is 30.2 Å². The lowest BCUT2D eigenvalue weighted by molar-refractivity contribution is 0.0518. The molecule has 2 aromatic heterocycles. The molecule has 1 N–H and O–H groups in total. The normalized spacial score (nSPS) is 11.7. The highest BCUT2D eigenvalue weighted by atomic mass is 19.1. The van der Waals surface area contributed by atoms with Crippen molar-refractivity contribution in [1.82, 2.24) is 14.9 Å². The average Bonchev–Trinajstić information content (AvgIpc) is 3.11. The van der Waals surface area contributed by atoms with E-state index in [4.69, 9.17) is 4.74 Å². The zero-order chi connectivity index (χ0) is 24.1. The van der Waals surface area contributed by atoms with E-state index in [0.717, 1.165) is 0 Å². The molecule has 8 heteroatoms. The van der Waals surface area contributed by atoms with Gasteiger partial charge in [-0.05, 0) is 69.7 Å². The van der Waals surface area contributed by atoms with E-state index in [1.54, 1.807) is 52.1 Å². The molecule has 1 aromatic carbocycles. The standard InChI is InChI=1S/C25H26FN3O4/c1-5-33-25(32)22-15(2)21(16(3)28-22)23(30)17(4)29(14-20-8-6-7-13-27-20)24(31)18-9-11-19(26)12-10-18/h6-13,17,28H,5,14H2,1-4H3/t17-/m1/s1. The first kappa shape index (κ1) is 23.8. The van der Waals surface area contributed by atoms with Gasteiger partial charge in [0, 0.05) is 23.0 Å².